The predicted molar refractivity (Wildman–Crippen MR) is 74.7 cm³/mol. The van der Waals surface area contributed by atoms with E-state index in [0.717, 1.165) is 38.2 Å². The number of oxime groups is 1. The van der Waals surface area contributed by atoms with Crippen molar-refractivity contribution in [2.24, 2.45) is 11.1 Å². The summed E-state index contributed by atoms with van der Waals surface area (Å²) in [5.74, 6) is 0.443. The SMILES string of the molecule is CCC1CN(C2CCOC3(CCC3)C2)CCC1=NO. The molecule has 0 radical (unpaired) electrons. The second-order valence-corrected chi connectivity index (χ2v) is 6.47. The molecule has 3 fully saturated rings. The van der Waals surface area contributed by atoms with Gasteiger partial charge in [-0.3, -0.25) is 4.90 Å². The van der Waals surface area contributed by atoms with E-state index < -0.39 is 0 Å². The number of hydrogen-bond acceptors (Lipinski definition) is 4. The van der Waals surface area contributed by atoms with Gasteiger partial charge in [-0.05, 0) is 38.5 Å². The highest BCUT2D eigenvalue weighted by Gasteiger charge is 2.44. The molecule has 1 spiro atoms. The van der Waals surface area contributed by atoms with Crippen LogP contribution < -0.4 is 0 Å². The van der Waals surface area contributed by atoms with Crippen LogP contribution in [0.1, 0.15) is 51.9 Å². The Morgan fingerprint density at radius 1 is 1.47 bits per heavy atom. The van der Waals surface area contributed by atoms with E-state index in [2.05, 4.69) is 17.0 Å². The molecule has 3 rings (SSSR count). The van der Waals surface area contributed by atoms with Crippen molar-refractivity contribution in [3.63, 3.8) is 0 Å². The molecule has 108 valence electrons. The summed E-state index contributed by atoms with van der Waals surface area (Å²) in [7, 11) is 0. The highest BCUT2D eigenvalue weighted by atomic mass is 16.5. The molecule has 4 nitrogen and oxygen atoms in total. The van der Waals surface area contributed by atoms with E-state index >= 15 is 0 Å². The number of rotatable bonds is 2. The van der Waals surface area contributed by atoms with Gasteiger partial charge in [-0.25, -0.2) is 0 Å². The Kier molecular flexibility index (Phi) is 3.81. The van der Waals surface area contributed by atoms with Gasteiger partial charge in [-0.2, -0.15) is 0 Å². The first-order valence-electron chi connectivity index (χ1n) is 7.85. The van der Waals surface area contributed by atoms with Crippen LogP contribution in [0, 0.1) is 5.92 Å². The summed E-state index contributed by atoms with van der Waals surface area (Å²) in [6.07, 6.45) is 8.25. The van der Waals surface area contributed by atoms with Crippen molar-refractivity contribution in [2.75, 3.05) is 19.7 Å². The van der Waals surface area contributed by atoms with Crippen LogP contribution in [0.5, 0.6) is 0 Å². The Bertz CT molecular complexity index is 352. The van der Waals surface area contributed by atoms with Crippen LogP contribution in [0.15, 0.2) is 5.16 Å². The molecule has 2 heterocycles. The average molecular weight is 266 g/mol. The van der Waals surface area contributed by atoms with Gasteiger partial charge in [0.25, 0.3) is 0 Å². The van der Waals surface area contributed by atoms with Crippen LogP contribution in [0.3, 0.4) is 0 Å². The van der Waals surface area contributed by atoms with Crippen LogP contribution in [0.2, 0.25) is 0 Å². The lowest BCUT2D eigenvalue weighted by molar-refractivity contribution is -0.149. The van der Waals surface area contributed by atoms with E-state index in [1.807, 2.05) is 0 Å². The number of likely N-dealkylation sites (tertiary alicyclic amines) is 1. The summed E-state index contributed by atoms with van der Waals surface area (Å²) in [4.78, 5) is 2.63. The zero-order chi connectivity index (χ0) is 13.3. The summed E-state index contributed by atoms with van der Waals surface area (Å²) in [5, 5.41) is 12.6. The second kappa shape index (κ2) is 5.41. The topological polar surface area (TPSA) is 45.1 Å². The largest absolute Gasteiger partial charge is 0.411 e. The molecule has 0 aromatic carbocycles. The molecular weight excluding hydrogens is 240 g/mol. The standard InChI is InChI=1S/C15H26N2O2/c1-2-12-11-17(8-4-14(12)16-18)13-5-9-19-15(10-13)6-3-7-15/h12-13,18H,2-11H2,1H3. The normalized spacial score (nSPS) is 37.4. The summed E-state index contributed by atoms with van der Waals surface area (Å²) in [5.41, 5.74) is 1.24. The molecule has 3 aliphatic rings. The minimum Gasteiger partial charge on any atom is -0.411 e. The molecule has 2 aliphatic heterocycles. The zero-order valence-electron chi connectivity index (χ0n) is 12.0. The van der Waals surface area contributed by atoms with Crippen molar-refractivity contribution < 1.29 is 9.94 Å². The van der Waals surface area contributed by atoms with Gasteiger partial charge in [-0.15, -0.1) is 0 Å². The Morgan fingerprint density at radius 3 is 2.95 bits per heavy atom. The molecule has 19 heavy (non-hydrogen) atoms. The third-order valence-electron chi connectivity index (χ3n) is 5.45. The van der Waals surface area contributed by atoms with Crippen LogP contribution in [-0.4, -0.2) is 47.2 Å². The fraction of sp³-hybridized carbons (Fsp3) is 0.933. The molecule has 2 atom stereocenters. The third-order valence-corrected chi connectivity index (χ3v) is 5.45. The van der Waals surface area contributed by atoms with Gasteiger partial charge < -0.3 is 9.94 Å². The van der Waals surface area contributed by atoms with Crippen molar-refractivity contribution in [3.8, 4) is 0 Å². The van der Waals surface area contributed by atoms with Crippen molar-refractivity contribution in [1.82, 2.24) is 4.90 Å². The van der Waals surface area contributed by atoms with E-state index in [9.17, 15) is 0 Å². The molecule has 0 aromatic heterocycles. The molecule has 2 unspecified atom stereocenters. The zero-order valence-corrected chi connectivity index (χ0v) is 12.0. The highest BCUT2D eigenvalue weighted by molar-refractivity contribution is 5.87. The first-order valence-corrected chi connectivity index (χ1v) is 7.85. The van der Waals surface area contributed by atoms with Gasteiger partial charge in [0.05, 0.1) is 11.3 Å². The number of ether oxygens (including phenoxy) is 1. The molecule has 4 heteroatoms. The molecule has 1 aliphatic carbocycles. The lowest BCUT2D eigenvalue weighted by Gasteiger charge is -2.50. The van der Waals surface area contributed by atoms with E-state index in [4.69, 9.17) is 9.94 Å². The van der Waals surface area contributed by atoms with Gasteiger partial charge in [0.2, 0.25) is 0 Å². The molecule has 0 bridgehead atoms. The van der Waals surface area contributed by atoms with Gasteiger partial charge in [0.1, 0.15) is 0 Å². The van der Waals surface area contributed by atoms with Crippen molar-refractivity contribution >= 4 is 5.71 Å². The summed E-state index contributed by atoms with van der Waals surface area (Å²) in [6, 6.07) is 0.684. The smallest absolute Gasteiger partial charge is 0.0697 e. The predicted octanol–water partition coefficient (Wildman–Crippen LogP) is 2.65. The molecule has 0 aromatic rings. The maximum atomic E-state index is 9.07. The van der Waals surface area contributed by atoms with Gasteiger partial charge in [0.15, 0.2) is 0 Å². The number of piperidine rings is 1. The van der Waals surface area contributed by atoms with E-state index in [1.165, 1.54) is 32.1 Å². The third kappa shape index (κ3) is 2.52. The highest BCUT2D eigenvalue weighted by Crippen LogP contribution is 2.43. The monoisotopic (exact) mass is 266 g/mol. The van der Waals surface area contributed by atoms with Crippen molar-refractivity contribution in [3.05, 3.63) is 0 Å². The second-order valence-electron chi connectivity index (χ2n) is 6.47. The van der Waals surface area contributed by atoms with E-state index in [1.54, 1.807) is 0 Å². The first kappa shape index (κ1) is 13.4. The van der Waals surface area contributed by atoms with Gasteiger partial charge >= 0.3 is 0 Å². The molecule has 1 saturated carbocycles. The summed E-state index contributed by atoms with van der Waals surface area (Å²) < 4.78 is 6.03. The molecule has 1 N–H and O–H groups in total. The van der Waals surface area contributed by atoms with Gasteiger partial charge in [-0.1, -0.05) is 12.1 Å². The Morgan fingerprint density at radius 2 is 2.32 bits per heavy atom. The minimum atomic E-state index is 0.232. The van der Waals surface area contributed by atoms with E-state index in [-0.39, 0.29) is 5.60 Å². The van der Waals surface area contributed by atoms with Crippen LogP contribution in [0.25, 0.3) is 0 Å². The number of nitrogens with zero attached hydrogens (tertiary/aromatic N) is 2. The van der Waals surface area contributed by atoms with E-state index in [0.29, 0.717) is 12.0 Å². The lowest BCUT2D eigenvalue weighted by Crippen LogP contribution is -2.54. The Balaban J connectivity index is 1.63. The first-order chi connectivity index (χ1) is 9.26. The van der Waals surface area contributed by atoms with Crippen molar-refractivity contribution in [2.45, 2.75) is 63.5 Å². The van der Waals surface area contributed by atoms with Gasteiger partial charge in [0, 0.05) is 38.1 Å². The summed E-state index contributed by atoms with van der Waals surface area (Å²) >= 11 is 0. The minimum absolute atomic E-state index is 0.232. The maximum Gasteiger partial charge on any atom is 0.0697 e. The van der Waals surface area contributed by atoms with Crippen LogP contribution in [-0.2, 0) is 4.74 Å². The summed E-state index contributed by atoms with van der Waals surface area (Å²) in [6.45, 7) is 5.24. The molecule has 2 saturated heterocycles. The lowest BCUT2D eigenvalue weighted by atomic mass is 9.73. The van der Waals surface area contributed by atoms with Crippen LogP contribution in [0.4, 0.5) is 0 Å². The Hall–Kier alpha value is -0.610. The fourth-order valence-electron chi connectivity index (χ4n) is 4.00. The maximum absolute atomic E-state index is 9.07. The molecule has 0 amide bonds. The fourth-order valence-corrected chi connectivity index (χ4v) is 4.00. The molecular formula is C15H26N2O2. The van der Waals surface area contributed by atoms with Crippen LogP contribution >= 0.6 is 0 Å². The Labute approximate surface area is 115 Å². The number of hydrogen-bond donors (Lipinski definition) is 1. The average Bonchev–Trinajstić information content (AvgIpc) is 2.45. The van der Waals surface area contributed by atoms with Crippen molar-refractivity contribution in [1.29, 1.82) is 0 Å². The quantitative estimate of drug-likeness (QED) is 0.617.